The summed E-state index contributed by atoms with van der Waals surface area (Å²) in [5.74, 6) is -1.27. The van der Waals surface area contributed by atoms with Gasteiger partial charge in [0.25, 0.3) is 0 Å². The van der Waals surface area contributed by atoms with Gasteiger partial charge in [-0.05, 0) is 31.4 Å². The molecule has 4 rings (SSSR count). The quantitative estimate of drug-likeness (QED) is 0.437. The molecule has 152 valence electrons. The number of carbonyl (C=O) groups excluding carboxylic acids is 3. The molecule has 1 aliphatic heterocycles. The summed E-state index contributed by atoms with van der Waals surface area (Å²) in [5.41, 5.74) is 1.45. The maximum atomic E-state index is 12.5. The van der Waals surface area contributed by atoms with Crippen LogP contribution in [-0.2, 0) is 25.7 Å². The van der Waals surface area contributed by atoms with Crippen LogP contribution in [0.25, 0.3) is 11.0 Å². The number of ether oxygens (including phenoxy) is 1. The second-order valence-corrected chi connectivity index (χ2v) is 7.83. The number of likely N-dealkylation sites (tertiary alicyclic amines) is 1. The van der Waals surface area contributed by atoms with E-state index < -0.39 is 11.6 Å². The number of carbonyl (C=O) groups is 3. The third-order valence-electron chi connectivity index (χ3n) is 5.85. The molecule has 2 fully saturated rings. The lowest BCUT2D eigenvalue weighted by Gasteiger charge is -2.19. The fraction of sp³-hybridized carbons (Fsp3) is 0.455. The van der Waals surface area contributed by atoms with E-state index in [1.165, 1.54) is 11.0 Å². The first-order valence-electron chi connectivity index (χ1n) is 9.98. The molecule has 1 aromatic heterocycles. The Kier molecular flexibility index (Phi) is 5.22. The van der Waals surface area contributed by atoms with Crippen molar-refractivity contribution in [3.05, 3.63) is 45.8 Å². The molecule has 2 aliphatic rings. The lowest BCUT2D eigenvalue weighted by atomic mass is 9.81. The average molecular weight is 397 g/mol. The molecule has 0 unspecified atom stereocenters. The number of hydrogen-bond donors (Lipinski definition) is 0. The van der Waals surface area contributed by atoms with Gasteiger partial charge in [0.1, 0.15) is 12.2 Å². The first-order chi connectivity index (χ1) is 13.9. The zero-order valence-electron chi connectivity index (χ0n) is 16.3. The van der Waals surface area contributed by atoms with E-state index in [1.54, 1.807) is 6.07 Å². The molecule has 2 aromatic rings. The summed E-state index contributed by atoms with van der Waals surface area (Å²) in [6, 6.07) is 6.77. The molecule has 1 aliphatic carbocycles. The monoisotopic (exact) mass is 397 g/mol. The lowest BCUT2D eigenvalue weighted by molar-refractivity contribution is -0.146. The number of nitrogens with zero attached hydrogens (tertiary/aromatic N) is 1. The fourth-order valence-corrected chi connectivity index (χ4v) is 4.34. The van der Waals surface area contributed by atoms with Gasteiger partial charge in [-0.15, -0.1) is 0 Å². The fourth-order valence-electron chi connectivity index (χ4n) is 4.34. The maximum Gasteiger partial charge on any atom is 0.336 e. The Bertz CT molecular complexity index is 1020. The van der Waals surface area contributed by atoms with Crippen molar-refractivity contribution in [2.75, 3.05) is 6.54 Å². The van der Waals surface area contributed by atoms with Gasteiger partial charge in [-0.25, -0.2) is 4.79 Å². The SMILES string of the molecule is Cc1ccc2c(COC(=O)CCN3C(=O)[C@@H]4CCCC[C@H]4C3=O)cc(=O)oc2c1. The summed E-state index contributed by atoms with van der Waals surface area (Å²) in [4.78, 5) is 50.1. The highest BCUT2D eigenvalue weighted by atomic mass is 16.5. The molecule has 7 heteroatoms. The van der Waals surface area contributed by atoms with Crippen LogP contribution in [0.15, 0.2) is 33.5 Å². The van der Waals surface area contributed by atoms with Crippen LogP contribution in [0.4, 0.5) is 0 Å². The van der Waals surface area contributed by atoms with Gasteiger partial charge in [0.2, 0.25) is 11.8 Å². The predicted molar refractivity (Wildman–Crippen MR) is 104 cm³/mol. The molecule has 0 radical (unpaired) electrons. The van der Waals surface area contributed by atoms with Gasteiger partial charge in [0.15, 0.2) is 0 Å². The summed E-state index contributed by atoms with van der Waals surface area (Å²) in [5, 5.41) is 0.706. The van der Waals surface area contributed by atoms with Crippen molar-refractivity contribution in [1.82, 2.24) is 4.90 Å². The highest BCUT2D eigenvalue weighted by Crippen LogP contribution is 2.38. The zero-order chi connectivity index (χ0) is 20.5. The average Bonchev–Trinajstić information content (AvgIpc) is 2.94. The molecule has 1 saturated heterocycles. The third-order valence-corrected chi connectivity index (χ3v) is 5.85. The van der Waals surface area contributed by atoms with Crippen molar-refractivity contribution >= 4 is 28.8 Å². The second kappa shape index (κ2) is 7.81. The number of fused-ring (bicyclic) bond motifs is 2. The Morgan fingerprint density at radius 1 is 1.10 bits per heavy atom. The summed E-state index contributed by atoms with van der Waals surface area (Å²) in [6.45, 7) is 1.86. The molecule has 7 nitrogen and oxygen atoms in total. The molecular weight excluding hydrogens is 374 g/mol. The van der Waals surface area contributed by atoms with Gasteiger partial charge in [-0.3, -0.25) is 19.3 Å². The minimum absolute atomic E-state index is 0.0420. The van der Waals surface area contributed by atoms with Crippen LogP contribution in [0.5, 0.6) is 0 Å². The van der Waals surface area contributed by atoms with Crippen molar-refractivity contribution in [2.24, 2.45) is 11.8 Å². The first-order valence-corrected chi connectivity index (χ1v) is 9.98. The zero-order valence-corrected chi connectivity index (χ0v) is 16.3. The lowest BCUT2D eigenvalue weighted by Crippen LogP contribution is -2.33. The molecule has 2 heterocycles. The van der Waals surface area contributed by atoms with Crippen LogP contribution >= 0.6 is 0 Å². The normalized spacial score (nSPS) is 21.5. The highest BCUT2D eigenvalue weighted by molar-refractivity contribution is 6.05. The number of hydrogen-bond acceptors (Lipinski definition) is 6. The Morgan fingerprint density at radius 2 is 1.79 bits per heavy atom. The number of benzene rings is 1. The van der Waals surface area contributed by atoms with Crippen LogP contribution in [0.3, 0.4) is 0 Å². The Morgan fingerprint density at radius 3 is 2.48 bits per heavy atom. The van der Waals surface area contributed by atoms with E-state index in [0.717, 1.165) is 31.2 Å². The Hall–Kier alpha value is -2.96. The highest BCUT2D eigenvalue weighted by Gasteiger charge is 2.47. The molecule has 0 N–H and O–H groups in total. The smallest absolute Gasteiger partial charge is 0.336 e. The minimum Gasteiger partial charge on any atom is -0.461 e. The molecular formula is C22H23NO6. The van der Waals surface area contributed by atoms with E-state index in [2.05, 4.69) is 0 Å². The van der Waals surface area contributed by atoms with Crippen molar-refractivity contribution in [1.29, 1.82) is 0 Å². The van der Waals surface area contributed by atoms with E-state index in [1.807, 2.05) is 19.1 Å². The van der Waals surface area contributed by atoms with E-state index in [0.29, 0.717) is 16.5 Å². The topological polar surface area (TPSA) is 93.9 Å². The van der Waals surface area contributed by atoms with Crippen LogP contribution in [0, 0.1) is 18.8 Å². The number of rotatable bonds is 5. The van der Waals surface area contributed by atoms with Gasteiger partial charge in [0, 0.05) is 23.6 Å². The summed E-state index contributed by atoms with van der Waals surface area (Å²) in [7, 11) is 0. The number of amides is 2. The molecule has 2 atom stereocenters. The maximum absolute atomic E-state index is 12.5. The van der Waals surface area contributed by atoms with E-state index in [9.17, 15) is 19.2 Å². The third kappa shape index (κ3) is 3.81. The van der Waals surface area contributed by atoms with Crippen molar-refractivity contribution in [2.45, 2.75) is 45.6 Å². The van der Waals surface area contributed by atoms with Gasteiger partial charge in [0.05, 0.1) is 18.3 Å². The van der Waals surface area contributed by atoms with Gasteiger partial charge in [-0.2, -0.15) is 0 Å². The molecule has 0 spiro atoms. The number of esters is 1. The van der Waals surface area contributed by atoms with Crippen molar-refractivity contribution in [3.8, 4) is 0 Å². The van der Waals surface area contributed by atoms with Crippen molar-refractivity contribution < 1.29 is 23.5 Å². The summed E-state index contributed by atoms with van der Waals surface area (Å²) >= 11 is 0. The van der Waals surface area contributed by atoms with Gasteiger partial charge in [-0.1, -0.05) is 25.0 Å². The van der Waals surface area contributed by atoms with Crippen LogP contribution in [0.2, 0.25) is 0 Å². The minimum atomic E-state index is -0.519. The van der Waals surface area contributed by atoms with Crippen LogP contribution in [-0.4, -0.2) is 29.2 Å². The van der Waals surface area contributed by atoms with E-state index in [4.69, 9.17) is 9.15 Å². The Balaban J connectivity index is 1.38. The molecule has 2 amide bonds. The second-order valence-electron chi connectivity index (χ2n) is 7.83. The van der Waals surface area contributed by atoms with E-state index >= 15 is 0 Å². The van der Waals surface area contributed by atoms with Crippen LogP contribution < -0.4 is 5.63 Å². The number of aryl methyl sites for hydroxylation is 1. The Labute approximate surface area is 167 Å². The van der Waals surface area contributed by atoms with E-state index in [-0.39, 0.29) is 43.2 Å². The number of imide groups is 1. The van der Waals surface area contributed by atoms with Gasteiger partial charge < -0.3 is 9.15 Å². The largest absolute Gasteiger partial charge is 0.461 e. The molecule has 1 saturated carbocycles. The van der Waals surface area contributed by atoms with Crippen molar-refractivity contribution in [3.63, 3.8) is 0 Å². The molecule has 1 aromatic carbocycles. The molecule has 29 heavy (non-hydrogen) atoms. The first kappa shape index (κ1) is 19.4. The van der Waals surface area contributed by atoms with Gasteiger partial charge >= 0.3 is 11.6 Å². The predicted octanol–water partition coefficient (Wildman–Crippen LogP) is 2.71. The molecule has 0 bridgehead atoms. The van der Waals surface area contributed by atoms with Crippen LogP contribution in [0.1, 0.15) is 43.2 Å². The summed E-state index contributed by atoms with van der Waals surface area (Å²) < 4.78 is 10.5. The summed E-state index contributed by atoms with van der Waals surface area (Å²) in [6.07, 6.45) is 3.37. The standard InChI is InChI=1S/C22H23NO6/c1-13-6-7-15-14(11-20(25)29-18(15)10-13)12-28-19(24)8-9-23-21(26)16-4-2-3-5-17(16)22(23)27/h6-7,10-11,16-17H,2-5,8-9,12H2,1H3/t16-,17-/m1/s1.